The molecule has 0 saturated carbocycles. The Bertz CT molecular complexity index is 1260. The summed E-state index contributed by atoms with van der Waals surface area (Å²) in [7, 11) is 1.57. The molecular weight excluding hydrogens is 446 g/mol. The summed E-state index contributed by atoms with van der Waals surface area (Å²) >= 11 is 0. The zero-order valence-electron chi connectivity index (χ0n) is 20.0. The number of carbonyl (C=O) groups excluding carboxylic acids is 2. The molecule has 4 rings (SSSR count). The first kappa shape index (κ1) is 24.0. The van der Waals surface area contributed by atoms with E-state index in [4.69, 9.17) is 9.15 Å². The highest BCUT2D eigenvalue weighted by Gasteiger charge is 2.35. The van der Waals surface area contributed by atoms with E-state index in [1.807, 2.05) is 24.3 Å². The van der Waals surface area contributed by atoms with Crippen LogP contribution >= 0.6 is 0 Å². The van der Waals surface area contributed by atoms with Crippen LogP contribution in [0.25, 0.3) is 11.0 Å². The van der Waals surface area contributed by atoms with Gasteiger partial charge in [-0.05, 0) is 60.9 Å². The molecule has 0 radical (unpaired) electrons. The fourth-order valence-corrected chi connectivity index (χ4v) is 3.82. The summed E-state index contributed by atoms with van der Waals surface area (Å²) in [6, 6.07) is 16.8. The molecule has 9 heteroatoms. The molecule has 0 unspecified atom stereocenters. The second kappa shape index (κ2) is 10.9. The minimum absolute atomic E-state index is 0.108. The van der Waals surface area contributed by atoms with Crippen LogP contribution in [0.5, 0.6) is 5.75 Å². The molecule has 2 aromatic carbocycles. The zero-order chi connectivity index (χ0) is 24.8. The SMILES string of the molecule is COc1ccc(N(C(=O)Cn2nnc3ccccc32)[C@@H](C(=O)NCCC(C)C)c2ccco2)cc1. The van der Waals surface area contributed by atoms with E-state index in [2.05, 4.69) is 29.5 Å². The number of ether oxygens (including phenoxy) is 1. The van der Waals surface area contributed by atoms with Crippen molar-refractivity contribution >= 4 is 28.5 Å². The van der Waals surface area contributed by atoms with Gasteiger partial charge < -0.3 is 14.5 Å². The lowest BCUT2D eigenvalue weighted by molar-refractivity contribution is -0.127. The number of hydrogen-bond acceptors (Lipinski definition) is 6. The quantitative estimate of drug-likeness (QED) is 0.372. The van der Waals surface area contributed by atoms with Crippen LogP contribution in [0.1, 0.15) is 32.1 Å². The summed E-state index contributed by atoms with van der Waals surface area (Å²) in [6.07, 6.45) is 2.31. The second-order valence-electron chi connectivity index (χ2n) is 8.59. The molecule has 4 aromatic rings. The minimum Gasteiger partial charge on any atom is -0.497 e. The predicted molar refractivity (Wildman–Crippen MR) is 132 cm³/mol. The maximum atomic E-state index is 13.8. The van der Waals surface area contributed by atoms with Gasteiger partial charge in [-0.1, -0.05) is 31.2 Å². The number of benzene rings is 2. The Morgan fingerprint density at radius 3 is 2.54 bits per heavy atom. The fourth-order valence-electron chi connectivity index (χ4n) is 3.82. The molecule has 35 heavy (non-hydrogen) atoms. The van der Waals surface area contributed by atoms with Crippen molar-refractivity contribution in [1.82, 2.24) is 20.3 Å². The number of nitrogens with one attached hydrogen (secondary N) is 1. The molecule has 0 fully saturated rings. The van der Waals surface area contributed by atoms with E-state index in [0.29, 0.717) is 35.2 Å². The third-order valence-corrected chi connectivity index (χ3v) is 5.66. The van der Waals surface area contributed by atoms with Crippen LogP contribution < -0.4 is 15.0 Å². The molecule has 0 spiro atoms. The van der Waals surface area contributed by atoms with Crippen molar-refractivity contribution in [2.24, 2.45) is 5.92 Å². The number of anilines is 1. The Hall–Kier alpha value is -4.14. The average Bonchev–Trinajstić information content (AvgIpc) is 3.53. The molecule has 0 aliphatic rings. The van der Waals surface area contributed by atoms with Gasteiger partial charge in [0.1, 0.15) is 23.6 Å². The summed E-state index contributed by atoms with van der Waals surface area (Å²) < 4.78 is 12.4. The van der Waals surface area contributed by atoms with Gasteiger partial charge in [0.15, 0.2) is 6.04 Å². The molecule has 0 aliphatic carbocycles. The highest BCUT2D eigenvalue weighted by Crippen LogP contribution is 2.30. The Kier molecular flexibility index (Phi) is 7.45. The molecule has 0 saturated heterocycles. The number of aromatic nitrogens is 3. The molecule has 182 valence electrons. The summed E-state index contributed by atoms with van der Waals surface area (Å²) in [5.74, 6) is 0.760. The van der Waals surface area contributed by atoms with Gasteiger partial charge in [-0.15, -0.1) is 5.10 Å². The van der Waals surface area contributed by atoms with Crippen LogP contribution in [-0.4, -0.2) is 40.5 Å². The van der Waals surface area contributed by atoms with Crippen LogP contribution in [0.2, 0.25) is 0 Å². The smallest absolute Gasteiger partial charge is 0.251 e. The van der Waals surface area contributed by atoms with E-state index in [0.717, 1.165) is 11.9 Å². The van der Waals surface area contributed by atoms with Crippen LogP contribution in [0, 0.1) is 5.92 Å². The summed E-state index contributed by atoms with van der Waals surface area (Å²) in [4.78, 5) is 28.7. The first-order valence-electron chi connectivity index (χ1n) is 11.5. The fraction of sp³-hybridized carbons (Fsp3) is 0.308. The molecule has 1 N–H and O–H groups in total. The third-order valence-electron chi connectivity index (χ3n) is 5.66. The zero-order valence-corrected chi connectivity index (χ0v) is 20.0. The number of nitrogens with zero attached hydrogens (tertiary/aromatic N) is 4. The topological polar surface area (TPSA) is 102 Å². The van der Waals surface area contributed by atoms with Crippen molar-refractivity contribution in [1.29, 1.82) is 0 Å². The predicted octanol–water partition coefficient (Wildman–Crippen LogP) is 3.97. The summed E-state index contributed by atoms with van der Waals surface area (Å²) in [5, 5.41) is 11.3. The average molecular weight is 476 g/mol. The molecule has 9 nitrogen and oxygen atoms in total. The van der Waals surface area contributed by atoms with Crippen molar-refractivity contribution in [3.05, 3.63) is 72.7 Å². The lowest BCUT2D eigenvalue weighted by atomic mass is 10.1. The first-order chi connectivity index (χ1) is 17.0. The van der Waals surface area contributed by atoms with Crippen LogP contribution in [0.3, 0.4) is 0 Å². The van der Waals surface area contributed by atoms with Gasteiger partial charge in [-0.25, -0.2) is 4.68 Å². The Morgan fingerprint density at radius 2 is 1.86 bits per heavy atom. The van der Waals surface area contributed by atoms with E-state index >= 15 is 0 Å². The van der Waals surface area contributed by atoms with E-state index in [-0.39, 0.29) is 18.4 Å². The van der Waals surface area contributed by atoms with Gasteiger partial charge >= 0.3 is 0 Å². The number of para-hydroxylation sites is 1. The van der Waals surface area contributed by atoms with Crippen molar-refractivity contribution in [2.75, 3.05) is 18.6 Å². The third kappa shape index (κ3) is 5.51. The molecule has 2 heterocycles. The lowest BCUT2D eigenvalue weighted by Gasteiger charge is -2.30. The maximum absolute atomic E-state index is 13.8. The van der Waals surface area contributed by atoms with E-state index in [1.165, 1.54) is 15.8 Å². The molecule has 0 bridgehead atoms. The van der Waals surface area contributed by atoms with Crippen LogP contribution in [0.15, 0.2) is 71.3 Å². The lowest BCUT2D eigenvalue weighted by Crippen LogP contribution is -2.45. The standard InChI is InChI=1S/C26H29N5O4/c1-18(2)14-15-27-26(33)25(23-9-6-16-35-23)31(19-10-12-20(34-3)13-11-19)24(32)17-30-22-8-5-4-7-21(22)28-29-30/h4-13,16,18,25H,14-15,17H2,1-3H3,(H,27,33)/t25-/m1/s1. The van der Waals surface area contributed by atoms with Gasteiger partial charge in [0.05, 0.1) is 18.9 Å². The number of amides is 2. The largest absolute Gasteiger partial charge is 0.497 e. The molecule has 0 aliphatic heterocycles. The summed E-state index contributed by atoms with van der Waals surface area (Å²) in [6.45, 7) is 4.56. The maximum Gasteiger partial charge on any atom is 0.251 e. The molecule has 1 atom stereocenters. The van der Waals surface area contributed by atoms with Gasteiger partial charge in [-0.2, -0.15) is 0 Å². The van der Waals surface area contributed by atoms with E-state index in [1.54, 1.807) is 43.5 Å². The Labute approximate surface area is 203 Å². The van der Waals surface area contributed by atoms with Crippen LogP contribution in [0.4, 0.5) is 5.69 Å². The van der Waals surface area contributed by atoms with Crippen LogP contribution in [-0.2, 0) is 16.1 Å². The number of fused-ring (bicyclic) bond motifs is 1. The molecule has 2 amide bonds. The van der Waals surface area contributed by atoms with Gasteiger partial charge in [0, 0.05) is 12.2 Å². The van der Waals surface area contributed by atoms with Gasteiger partial charge in [-0.3, -0.25) is 14.5 Å². The van der Waals surface area contributed by atoms with Crippen molar-refractivity contribution < 1.29 is 18.7 Å². The summed E-state index contributed by atoms with van der Waals surface area (Å²) in [5.41, 5.74) is 1.94. The number of furan rings is 1. The van der Waals surface area contributed by atoms with Crippen molar-refractivity contribution in [3.63, 3.8) is 0 Å². The van der Waals surface area contributed by atoms with Crippen molar-refractivity contribution in [3.8, 4) is 5.75 Å². The number of methoxy groups -OCH3 is 1. The van der Waals surface area contributed by atoms with Gasteiger partial charge in [0.2, 0.25) is 5.91 Å². The monoisotopic (exact) mass is 475 g/mol. The number of carbonyl (C=O) groups is 2. The molecular formula is C26H29N5O4. The van der Waals surface area contributed by atoms with Gasteiger partial charge in [0.25, 0.3) is 5.91 Å². The highest BCUT2D eigenvalue weighted by molar-refractivity contribution is 6.01. The van der Waals surface area contributed by atoms with E-state index < -0.39 is 6.04 Å². The first-order valence-corrected chi connectivity index (χ1v) is 11.5. The number of rotatable bonds is 10. The normalized spacial score (nSPS) is 12.0. The minimum atomic E-state index is -1.01. The number of hydrogen-bond donors (Lipinski definition) is 1. The van der Waals surface area contributed by atoms with E-state index in [9.17, 15) is 9.59 Å². The second-order valence-corrected chi connectivity index (χ2v) is 8.59. The van der Waals surface area contributed by atoms with Crippen molar-refractivity contribution in [2.45, 2.75) is 32.9 Å². The Balaban J connectivity index is 1.72. The highest BCUT2D eigenvalue weighted by atomic mass is 16.5. The molecule has 2 aromatic heterocycles. The Morgan fingerprint density at radius 1 is 1.09 bits per heavy atom.